The third kappa shape index (κ3) is 5.19. The molecule has 170 valence electrons. The summed E-state index contributed by atoms with van der Waals surface area (Å²) in [5, 5.41) is 9.44. The summed E-state index contributed by atoms with van der Waals surface area (Å²) in [5.41, 5.74) is 8.45. The lowest BCUT2D eigenvalue weighted by Crippen LogP contribution is -2.47. The van der Waals surface area contributed by atoms with E-state index in [4.69, 9.17) is 5.73 Å². The number of rotatable bonds is 9. The Kier molecular flexibility index (Phi) is 7.22. The van der Waals surface area contributed by atoms with Crippen LogP contribution in [-0.2, 0) is 11.2 Å². The molecule has 1 unspecified atom stereocenters. The van der Waals surface area contributed by atoms with Gasteiger partial charge in [0.15, 0.2) is 0 Å². The molecule has 32 heavy (non-hydrogen) atoms. The highest BCUT2D eigenvalue weighted by Crippen LogP contribution is 2.43. The van der Waals surface area contributed by atoms with E-state index >= 15 is 0 Å². The number of aliphatic hydroxyl groups excluding tert-OH is 1. The molecule has 0 radical (unpaired) electrons. The largest absolute Gasteiger partial charge is 0.387 e. The summed E-state index contributed by atoms with van der Waals surface area (Å²) < 4.78 is 0. The van der Waals surface area contributed by atoms with Crippen molar-refractivity contribution < 1.29 is 14.7 Å². The topological polar surface area (TPSA) is 86.9 Å². The van der Waals surface area contributed by atoms with Crippen LogP contribution in [0.4, 0.5) is 0 Å². The van der Waals surface area contributed by atoms with Gasteiger partial charge in [0.05, 0.1) is 0 Å². The minimum absolute atomic E-state index is 0.202. The first kappa shape index (κ1) is 22.5. The lowest BCUT2D eigenvalue weighted by atomic mass is 9.84. The maximum atomic E-state index is 12.3. The van der Waals surface area contributed by atoms with Crippen LogP contribution >= 0.6 is 0 Å². The molecule has 3 atom stereocenters. The second-order valence-electron chi connectivity index (χ2n) is 9.06. The van der Waals surface area contributed by atoms with Gasteiger partial charge in [-0.15, -0.1) is 0 Å². The van der Waals surface area contributed by atoms with Crippen LogP contribution in [-0.4, -0.2) is 65.0 Å². The Morgan fingerprint density at radius 2 is 1.72 bits per heavy atom. The molecule has 3 N–H and O–H groups in total. The van der Waals surface area contributed by atoms with Gasteiger partial charge in [-0.2, -0.15) is 0 Å². The van der Waals surface area contributed by atoms with Gasteiger partial charge in [-0.25, -0.2) is 0 Å². The zero-order valence-electron chi connectivity index (χ0n) is 18.5. The van der Waals surface area contributed by atoms with Gasteiger partial charge in [0.25, 0.3) is 0 Å². The lowest BCUT2D eigenvalue weighted by Gasteiger charge is -2.40. The Bertz CT molecular complexity index is 919. The predicted molar refractivity (Wildman–Crippen MR) is 124 cm³/mol. The summed E-state index contributed by atoms with van der Waals surface area (Å²) in [7, 11) is 0. The number of hydrogen-bond acceptors (Lipinski definition) is 4. The summed E-state index contributed by atoms with van der Waals surface area (Å²) in [6.45, 7) is 1.65. The minimum Gasteiger partial charge on any atom is -0.387 e. The molecule has 0 saturated carbocycles. The smallest absolute Gasteiger partial charge is 0.248 e. The maximum Gasteiger partial charge on any atom is 0.248 e. The minimum atomic E-state index is -0.445. The molecule has 2 aliphatic heterocycles. The number of hydrogen-bond donors (Lipinski definition) is 2. The second kappa shape index (κ2) is 10.3. The zero-order valence-corrected chi connectivity index (χ0v) is 18.5. The van der Waals surface area contributed by atoms with E-state index in [-0.39, 0.29) is 11.8 Å². The van der Waals surface area contributed by atoms with Crippen molar-refractivity contribution in [3.05, 3.63) is 71.3 Å². The fraction of sp³-hybridized carbons (Fsp3) is 0.462. The first-order valence-electron chi connectivity index (χ1n) is 11.6. The quantitative estimate of drug-likeness (QED) is 0.634. The summed E-state index contributed by atoms with van der Waals surface area (Å²) in [4.78, 5) is 28.3. The van der Waals surface area contributed by atoms with E-state index in [9.17, 15) is 14.7 Å². The number of nitrogens with zero attached hydrogens (tertiary/aromatic N) is 2. The molecule has 2 fully saturated rings. The molecule has 2 aromatic carbocycles. The highest BCUT2D eigenvalue weighted by molar-refractivity contribution is 5.92. The molecule has 6 nitrogen and oxygen atoms in total. The highest BCUT2D eigenvalue weighted by Gasteiger charge is 2.41. The van der Waals surface area contributed by atoms with Crippen LogP contribution in [0.2, 0.25) is 0 Å². The summed E-state index contributed by atoms with van der Waals surface area (Å²) in [5.74, 6) is -0.140. The molecular formula is C26H33N3O3. The van der Waals surface area contributed by atoms with Gasteiger partial charge >= 0.3 is 0 Å². The number of carbonyl (C=O) groups excluding carboxylic acids is 2. The summed E-state index contributed by atoms with van der Waals surface area (Å²) >= 11 is 0. The highest BCUT2D eigenvalue weighted by atomic mass is 16.3. The maximum absolute atomic E-state index is 12.3. The second-order valence-corrected chi connectivity index (χ2v) is 9.06. The van der Waals surface area contributed by atoms with Crippen molar-refractivity contribution in [1.29, 1.82) is 0 Å². The van der Waals surface area contributed by atoms with Gasteiger partial charge < -0.3 is 15.7 Å². The number of nitrogens with two attached hydrogens (primary N) is 1. The van der Waals surface area contributed by atoms with Crippen molar-refractivity contribution in [3.63, 3.8) is 0 Å². The van der Waals surface area contributed by atoms with Crippen LogP contribution < -0.4 is 5.73 Å². The van der Waals surface area contributed by atoms with Crippen molar-refractivity contribution in [2.24, 2.45) is 5.73 Å². The third-order valence-corrected chi connectivity index (χ3v) is 7.16. The van der Waals surface area contributed by atoms with Gasteiger partial charge in [0.2, 0.25) is 11.8 Å². The molecule has 0 aromatic heterocycles. The van der Waals surface area contributed by atoms with Gasteiger partial charge in [-0.1, -0.05) is 42.5 Å². The molecule has 2 saturated heterocycles. The van der Waals surface area contributed by atoms with Crippen LogP contribution in [0.25, 0.3) is 0 Å². The summed E-state index contributed by atoms with van der Waals surface area (Å²) in [6, 6.07) is 18.9. The van der Waals surface area contributed by atoms with Gasteiger partial charge in [0, 0.05) is 37.3 Å². The number of fused-ring (bicyclic) bond motifs is 2. The van der Waals surface area contributed by atoms with Crippen LogP contribution in [0.15, 0.2) is 54.6 Å². The van der Waals surface area contributed by atoms with Crippen molar-refractivity contribution in [3.8, 4) is 0 Å². The number of amides is 2. The first-order chi connectivity index (χ1) is 15.5. The Morgan fingerprint density at radius 1 is 1.00 bits per heavy atom. The van der Waals surface area contributed by atoms with Gasteiger partial charge in [-0.3, -0.25) is 14.5 Å². The van der Waals surface area contributed by atoms with Crippen LogP contribution in [0, 0.1) is 0 Å². The standard InChI is InChI=1S/C26H33N3O3/c27-26(32)21-8-4-7-20(15-21)22-16-23-9-10-24(17-22)29(23)14-13-28(25(31)18-30)12-11-19-5-2-1-3-6-19/h1-8,15,22-24,30H,9-14,16-18H2,(H2,27,32)/t22?,23-,24+. The molecule has 2 bridgehead atoms. The Balaban J connectivity index is 1.36. The molecule has 0 aliphatic carbocycles. The molecule has 2 aromatic rings. The third-order valence-electron chi connectivity index (χ3n) is 7.16. The van der Waals surface area contributed by atoms with E-state index in [0.717, 1.165) is 25.8 Å². The van der Waals surface area contributed by atoms with Gasteiger partial charge in [0.1, 0.15) is 6.61 Å². The fourth-order valence-corrected chi connectivity index (χ4v) is 5.46. The normalized spacial score (nSPS) is 22.6. The van der Waals surface area contributed by atoms with Crippen molar-refractivity contribution in [2.75, 3.05) is 26.2 Å². The average molecular weight is 436 g/mol. The molecule has 0 spiro atoms. The van der Waals surface area contributed by atoms with Crippen molar-refractivity contribution >= 4 is 11.8 Å². The van der Waals surface area contributed by atoms with E-state index in [0.29, 0.717) is 36.7 Å². The van der Waals surface area contributed by atoms with Crippen LogP contribution in [0.3, 0.4) is 0 Å². The van der Waals surface area contributed by atoms with Crippen molar-refractivity contribution in [1.82, 2.24) is 9.80 Å². The van der Waals surface area contributed by atoms with E-state index in [1.165, 1.54) is 24.0 Å². The Labute approximate surface area is 190 Å². The number of primary amides is 1. The summed E-state index contributed by atoms with van der Waals surface area (Å²) in [6.07, 6.45) is 5.27. The van der Waals surface area contributed by atoms with E-state index < -0.39 is 6.61 Å². The van der Waals surface area contributed by atoms with Gasteiger partial charge in [-0.05, 0) is 61.3 Å². The SMILES string of the molecule is NC(=O)c1cccc(C2C[C@H]3CC[C@@H](C2)N3CCN(CCc2ccccc2)C(=O)CO)c1. The van der Waals surface area contributed by atoms with E-state index in [1.807, 2.05) is 30.3 Å². The monoisotopic (exact) mass is 435 g/mol. The predicted octanol–water partition coefficient (Wildman–Crippen LogP) is 2.56. The zero-order chi connectivity index (χ0) is 22.5. The molecule has 4 rings (SSSR count). The Hall–Kier alpha value is -2.70. The molecule has 6 heteroatoms. The number of aliphatic hydroxyl groups is 1. The van der Waals surface area contributed by atoms with Crippen LogP contribution in [0.1, 0.15) is 53.1 Å². The molecule has 2 heterocycles. The van der Waals surface area contributed by atoms with E-state index in [2.05, 4.69) is 23.1 Å². The number of carbonyl (C=O) groups is 2. The lowest BCUT2D eigenvalue weighted by molar-refractivity contribution is -0.134. The fourth-order valence-electron chi connectivity index (χ4n) is 5.46. The molecular weight excluding hydrogens is 402 g/mol. The molecule has 2 amide bonds. The average Bonchev–Trinajstić information content (AvgIpc) is 3.05. The van der Waals surface area contributed by atoms with E-state index in [1.54, 1.807) is 11.0 Å². The van der Waals surface area contributed by atoms with Crippen molar-refractivity contribution in [2.45, 2.75) is 50.1 Å². The number of benzene rings is 2. The Morgan fingerprint density at radius 3 is 2.38 bits per heavy atom. The molecule has 2 aliphatic rings. The first-order valence-corrected chi connectivity index (χ1v) is 11.6. The van der Waals surface area contributed by atoms with Crippen LogP contribution in [0.5, 0.6) is 0 Å². The number of piperidine rings is 1.